The van der Waals surface area contributed by atoms with Gasteiger partial charge in [0.1, 0.15) is 41.0 Å². The van der Waals surface area contributed by atoms with Gasteiger partial charge >= 0.3 is 5.91 Å². The van der Waals surface area contributed by atoms with Crippen LogP contribution in [0.15, 0.2) is 66.4 Å². The molecule has 2 aromatic carbocycles. The lowest BCUT2D eigenvalue weighted by atomic mass is 9.93. The first-order valence-electron chi connectivity index (χ1n) is 11.2. The highest BCUT2D eigenvalue weighted by Gasteiger charge is 2.48. The minimum absolute atomic E-state index is 0.0261. The predicted molar refractivity (Wildman–Crippen MR) is 129 cm³/mol. The first kappa shape index (κ1) is 22.5. The smallest absolute Gasteiger partial charge is 0.301 e. The third-order valence-corrected chi connectivity index (χ3v) is 6.24. The molecule has 0 bridgehead atoms. The summed E-state index contributed by atoms with van der Waals surface area (Å²) in [5.74, 6) is 0.0795. The van der Waals surface area contributed by atoms with Gasteiger partial charge in [0, 0.05) is 23.7 Å². The van der Waals surface area contributed by atoms with Gasteiger partial charge in [-0.05, 0) is 61.0 Å². The van der Waals surface area contributed by atoms with Crippen molar-refractivity contribution >= 4 is 23.3 Å². The molecule has 35 heavy (non-hydrogen) atoms. The Morgan fingerprint density at radius 3 is 2.63 bits per heavy atom. The number of nitrogens with zero attached hydrogens (tertiary/aromatic N) is 2. The number of fused-ring (bicyclic) bond motifs is 1. The summed E-state index contributed by atoms with van der Waals surface area (Å²) in [5.41, 5.74) is 1.78. The van der Waals surface area contributed by atoms with Crippen molar-refractivity contribution in [3.8, 4) is 17.2 Å². The first-order chi connectivity index (χ1) is 16.9. The zero-order chi connectivity index (χ0) is 24.7. The molecule has 8 heteroatoms. The van der Waals surface area contributed by atoms with Crippen LogP contribution in [0.4, 0.5) is 5.82 Å². The topological polar surface area (TPSA) is 98.2 Å². The Labute approximate surface area is 202 Å². The summed E-state index contributed by atoms with van der Waals surface area (Å²) in [7, 11) is 3.02. The number of carbonyl (C=O) groups excluding carboxylic acids is 2. The van der Waals surface area contributed by atoms with Gasteiger partial charge < -0.3 is 19.3 Å². The van der Waals surface area contributed by atoms with E-state index < -0.39 is 17.7 Å². The lowest BCUT2D eigenvalue weighted by molar-refractivity contribution is -0.132. The Bertz CT molecular complexity index is 1350. The molecular formula is C27H24N2O6. The summed E-state index contributed by atoms with van der Waals surface area (Å²) in [5, 5.41) is 11.4. The summed E-state index contributed by atoms with van der Waals surface area (Å²) in [6.07, 6.45) is 2.25. The second-order valence-corrected chi connectivity index (χ2v) is 8.42. The number of ketones is 1. The number of Topliss-reactive ketones (excluding diaryl/α,β-unsaturated/α-hetero) is 1. The molecule has 3 heterocycles. The molecule has 0 spiro atoms. The number of anilines is 1. The molecule has 2 aliphatic heterocycles. The number of hydrogen-bond acceptors (Lipinski definition) is 7. The van der Waals surface area contributed by atoms with Crippen LogP contribution in [0.3, 0.4) is 0 Å². The Balaban J connectivity index is 1.74. The molecule has 1 saturated heterocycles. The van der Waals surface area contributed by atoms with Crippen molar-refractivity contribution in [2.75, 3.05) is 19.1 Å². The average Bonchev–Trinajstić information content (AvgIpc) is 3.38. The number of ether oxygens (including phenoxy) is 3. The predicted octanol–water partition coefficient (Wildman–Crippen LogP) is 4.05. The summed E-state index contributed by atoms with van der Waals surface area (Å²) in [6.45, 7) is 1.97. The Morgan fingerprint density at radius 1 is 1.09 bits per heavy atom. The number of benzene rings is 2. The molecule has 178 valence electrons. The van der Waals surface area contributed by atoms with Gasteiger partial charge in [0.15, 0.2) is 0 Å². The van der Waals surface area contributed by atoms with E-state index in [-0.39, 0.29) is 23.3 Å². The summed E-state index contributed by atoms with van der Waals surface area (Å²) in [4.78, 5) is 32.3. The molecule has 2 aliphatic rings. The maximum absolute atomic E-state index is 13.4. The van der Waals surface area contributed by atoms with Crippen LogP contribution in [0.5, 0.6) is 17.2 Å². The number of hydrogen-bond donors (Lipinski definition) is 1. The van der Waals surface area contributed by atoms with Gasteiger partial charge in [-0.25, -0.2) is 4.98 Å². The SMILES string of the molecule is COc1ccc(OC)c(C2/C(=C(\O)c3ccc4c(c3)CC(C)O4)C(=O)C(=O)N2c2ccccn2)c1. The van der Waals surface area contributed by atoms with E-state index in [0.717, 1.165) is 11.3 Å². The average molecular weight is 472 g/mol. The monoisotopic (exact) mass is 472 g/mol. The minimum atomic E-state index is -0.988. The molecule has 5 rings (SSSR count). The highest BCUT2D eigenvalue weighted by molar-refractivity contribution is 6.51. The first-order valence-corrected chi connectivity index (χ1v) is 11.2. The molecule has 0 saturated carbocycles. The maximum atomic E-state index is 13.4. The second-order valence-electron chi connectivity index (χ2n) is 8.42. The molecule has 1 fully saturated rings. The Morgan fingerprint density at radius 2 is 1.91 bits per heavy atom. The van der Waals surface area contributed by atoms with Gasteiger partial charge in [0.05, 0.1) is 19.8 Å². The second kappa shape index (κ2) is 8.79. The number of pyridine rings is 1. The molecule has 0 aliphatic carbocycles. The number of aliphatic hydroxyl groups excluding tert-OH is 1. The van der Waals surface area contributed by atoms with E-state index in [1.165, 1.54) is 25.3 Å². The van der Waals surface area contributed by atoms with Crippen molar-refractivity contribution in [3.05, 3.63) is 83.1 Å². The van der Waals surface area contributed by atoms with Gasteiger partial charge in [-0.15, -0.1) is 0 Å². The van der Waals surface area contributed by atoms with Crippen LogP contribution < -0.4 is 19.1 Å². The van der Waals surface area contributed by atoms with Crippen molar-refractivity contribution in [2.24, 2.45) is 0 Å². The van der Waals surface area contributed by atoms with Gasteiger partial charge in [-0.1, -0.05) is 6.07 Å². The van der Waals surface area contributed by atoms with E-state index in [1.807, 2.05) is 6.92 Å². The molecule has 1 amide bonds. The van der Waals surface area contributed by atoms with E-state index in [9.17, 15) is 14.7 Å². The zero-order valence-corrected chi connectivity index (χ0v) is 19.5. The van der Waals surface area contributed by atoms with Gasteiger partial charge in [-0.3, -0.25) is 14.5 Å². The van der Waals surface area contributed by atoms with E-state index in [2.05, 4.69) is 4.98 Å². The number of methoxy groups -OCH3 is 2. The van der Waals surface area contributed by atoms with Gasteiger partial charge in [0.2, 0.25) is 0 Å². The molecule has 3 aromatic rings. The molecule has 1 N–H and O–H groups in total. The molecule has 2 unspecified atom stereocenters. The highest BCUT2D eigenvalue weighted by atomic mass is 16.5. The minimum Gasteiger partial charge on any atom is -0.507 e. The van der Waals surface area contributed by atoms with Crippen molar-refractivity contribution in [3.63, 3.8) is 0 Å². The molecule has 8 nitrogen and oxygen atoms in total. The number of carbonyl (C=O) groups is 2. The lowest BCUT2D eigenvalue weighted by Crippen LogP contribution is -2.30. The van der Waals surface area contributed by atoms with E-state index in [0.29, 0.717) is 29.0 Å². The summed E-state index contributed by atoms with van der Waals surface area (Å²) >= 11 is 0. The highest BCUT2D eigenvalue weighted by Crippen LogP contribution is 2.45. The molecule has 2 atom stereocenters. The van der Waals surface area contributed by atoms with Crippen LogP contribution in [-0.4, -0.2) is 42.1 Å². The quantitative estimate of drug-likeness (QED) is 0.340. The number of aromatic nitrogens is 1. The van der Waals surface area contributed by atoms with Crippen molar-refractivity contribution in [1.82, 2.24) is 4.98 Å². The largest absolute Gasteiger partial charge is 0.507 e. The van der Waals surface area contributed by atoms with Crippen molar-refractivity contribution < 1.29 is 28.9 Å². The lowest BCUT2D eigenvalue weighted by Gasteiger charge is -2.26. The fourth-order valence-corrected chi connectivity index (χ4v) is 4.64. The van der Waals surface area contributed by atoms with Crippen molar-refractivity contribution in [2.45, 2.75) is 25.5 Å². The van der Waals surface area contributed by atoms with Crippen LogP contribution in [-0.2, 0) is 16.0 Å². The number of amides is 1. The normalized spacial score (nSPS) is 20.5. The third kappa shape index (κ3) is 3.77. The molecule has 1 aromatic heterocycles. The zero-order valence-electron chi connectivity index (χ0n) is 19.5. The Hall–Kier alpha value is -4.33. The fourth-order valence-electron chi connectivity index (χ4n) is 4.64. The van der Waals surface area contributed by atoms with Gasteiger partial charge in [-0.2, -0.15) is 0 Å². The van der Waals surface area contributed by atoms with E-state index in [4.69, 9.17) is 14.2 Å². The third-order valence-electron chi connectivity index (χ3n) is 6.24. The van der Waals surface area contributed by atoms with Crippen LogP contribution in [0.1, 0.15) is 29.7 Å². The van der Waals surface area contributed by atoms with Crippen LogP contribution in [0, 0.1) is 0 Å². The van der Waals surface area contributed by atoms with Crippen LogP contribution in [0.25, 0.3) is 5.76 Å². The van der Waals surface area contributed by atoms with Gasteiger partial charge in [0.25, 0.3) is 5.78 Å². The molecular weight excluding hydrogens is 448 g/mol. The maximum Gasteiger partial charge on any atom is 0.301 e. The van der Waals surface area contributed by atoms with E-state index >= 15 is 0 Å². The van der Waals surface area contributed by atoms with Crippen LogP contribution >= 0.6 is 0 Å². The standard InChI is InChI=1S/C27H24N2O6/c1-15-12-17-13-16(7-9-20(17)35-15)25(30)23-24(19-14-18(33-2)8-10-21(19)34-3)29(27(32)26(23)31)22-6-4-5-11-28-22/h4-11,13-15,24,30H,12H2,1-3H3/b25-23+. The summed E-state index contributed by atoms with van der Waals surface area (Å²) in [6, 6.07) is 14.4. The fraction of sp³-hybridized carbons (Fsp3) is 0.222. The molecule has 0 radical (unpaired) electrons. The van der Waals surface area contributed by atoms with E-state index in [1.54, 1.807) is 54.6 Å². The van der Waals surface area contributed by atoms with Crippen LogP contribution in [0.2, 0.25) is 0 Å². The Kier molecular flexibility index (Phi) is 5.64. The van der Waals surface area contributed by atoms with Crippen molar-refractivity contribution in [1.29, 1.82) is 0 Å². The number of aliphatic hydroxyl groups is 1. The summed E-state index contributed by atoms with van der Waals surface area (Å²) < 4.78 is 16.7. The number of rotatable bonds is 5.